The molecule has 1 unspecified atom stereocenters. The summed E-state index contributed by atoms with van der Waals surface area (Å²) in [6, 6.07) is 8.28. The second kappa shape index (κ2) is 2.47. The van der Waals surface area contributed by atoms with Crippen molar-refractivity contribution in [2.45, 2.75) is 17.9 Å². The summed E-state index contributed by atoms with van der Waals surface area (Å²) in [4.78, 5) is 1.26. The first-order chi connectivity index (χ1) is 5.29. The van der Waals surface area contributed by atoms with Crippen LogP contribution in [0.3, 0.4) is 0 Å². The van der Waals surface area contributed by atoms with Crippen LogP contribution in [0.4, 0.5) is 0 Å². The Morgan fingerprint density at radius 1 is 1.45 bits per heavy atom. The SMILES string of the molecule is C=S1O[C@@H](C)c2ccccc21. The molecule has 0 aliphatic carbocycles. The molecule has 0 aromatic heterocycles. The fourth-order valence-corrected chi connectivity index (χ4v) is 2.58. The lowest BCUT2D eigenvalue weighted by atomic mass is 10.1. The third kappa shape index (κ3) is 1.03. The summed E-state index contributed by atoms with van der Waals surface area (Å²) in [5.74, 6) is 3.93. The molecular formula is C9H10OS. The van der Waals surface area contributed by atoms with Crippen molar-refractivity contribution in [3.05, 3.63) is 29.8 Å². The van der Waals surface area contributed by atoms with Crippen LogP contribution in [0, 0.1) is 0 Å². The van der Waals surface area contributed by atoms with Crippen molar-refractivity contribution in [2.75, 3.05) is 0 Å². The number of fused-ring (bicyclic) bond motifs is 1. The highest BCUT2D eigenvalue weighted by molar-refractivity contribution is 8.10. The van der Waals surface area contributed by atoms with Gasteiger partial charge >= 0.3 is 0 Å². The average molecular weight is 166 g/mol. The van der Waals surface area contributed by atoms with Crippen LogP contribution in [-0.2, 0) is 4.18 Å². The molecule has 1 aliphatic heterocycles. The molecule has 0 radical (unpaired) electrons. The van der Waals surface area contributed by atoms with E-state index in [-0.39, 0.29) is 16.9 Å². The van der Waals surface area contributed by atoms with Crippen LogP contribution in [0.15, 0.2) is 29.2 Å². The van der Waals surface area contributed by atoms with Gasteiger partial charge in [-0.3, -0.25) is 0 Å². The second-order valence-electron chi connectivity index (χ2n) is 2.62. The summed E-state index contributed by atoms with van der Waals surface area (Å²) in [5.41, 5.74) is 1.30. The number of benzene rings is 1. The molecular weight excluding hydrogens is 156 g/mol. The molecule has 0 saturated carbocycles. The molecule has 0 spiro atoms. The maximum Gasteiger partial charge on any atom is 0.0952 e. The highest BCUT2D eigenvalue weighted by Crippen LogP contribution is 2.44. The van der Waals surface area contributed by atoms with Crippen molar-refractivity contribution in [3.8, 4) is 0 Å². The van der Waals surface area contributed by atoms with E-state index in [1.807, 2.05) is 12.1 Å². The molecule has 58 valence electrons. The summed E-state index contributed by atoms with van der Waals surface area (Å²) in [6.45, 7) is 2.07. The normalized spacial score (nSPS) is 28.5. The van der Waals surface area contributed by atoms with Crippen molar-refractivity contribution in [1.82, 2.24) is 0 Å². The van der Waals surface area contributed by atoms with Crippen molar-refractivity contribution >= 4 is 16.6 Å². The van der Waals surface area contributed by atoms with Crippen molar-refractivity contribution in [2.24, 2.45) is 0 Å². The summed E-state index contributed by atoms with van der Waals surface area (Å²) < 4.78 is 5.55. The van der Waals surface area contributed by atoms with Gasteiger partial charge in [-0.15, -0.1) is 0 Å². The second-order valence-corrected chi connectivity index (χ2v) is 3.95. The maximum atomic E-state index is 5.55. The Bertz CT molecular complexity index is 306. The van der Waals surface area contributed by atoms with Gasteiger partial charge in [-0.1, -0.05) is 18.2 Å². The third-order valence-electron chi connectivity index (χ3n) is 1.86. The lowest BCUT2D eigenvalue weighted by molar-refractivity contribution is 0.285. The molecule has 1 heterocycles. The number of hydrogen-bond donors (Lipinski definition) is 0. The highest BCUT2D eigenvalue weighted by Gasteiger charge is 2.20. The Morgan fingerprint density at radius 3 is 2.91 bits per heavy atom. The molecule has 2 rings (SSSR count). The fourth-order valence-electron chi connectivity index (χ4n) is 1.30. The molecule has 0 N–H and O–H groups in total. The smallest absolute Gasteiger partial charge is 0.0952 e. The largest absolute Gasteiger partial charge is 0.311 e. The van der Waals surface area contributed by atoms with E-state index < -0.39 is 0 Å². The van der Waals surface area contributed by atoms with Crippen molar-refractivity contribution < 1.29 is 4.18 Å². The van der Waals surface area contributed by atoms with Crippen molar-refractivity contribution in [1.29, 1.82) is 0 Å². The quantitative estimate of drug-likeness (QED) is 0.538. The van der Waals surface area contributed by atoms with Crippen LogP contribution in [0.25, 0.3) is 0 Å². The minimum absolute atomic E-state index is 0.228. The molecule has 0 bridgehead atoms. The molecule has 0 fully saturated rings. The lowest BCUT2D eigenvalue weighted by Crippen LogP contribution is -1.85. The Balaban J connectivity index is 2.60. The molecule has 2 heteroatoms. The summed E-state index contributed by atoms with van der Waals surface area (Å²) in [6.07, 6.45) is 0.229. The lowest BCUT2D eigenvalue weighted by Gasteiger charge is -1.99. The van der Waals surface area contributed by atoms with Crippen LogP contribution in [0.5, 0.6) is 0 Å². The molecule has 0 saturated heterocycles. The number of hydrogen-bond acceptors (Lipinski definition) is 1. The zero-order valence-corrected chi connectivity index (χ0v) is 7.23. The molecule has 0 amide bonds. The van der Waals surface area contributed by atoms with Crippen LogP contribution >= 0.6 is 10.8 Å². The number of rotatable bonds is 0. The van der Waals surface area contributed by atoms with Gasteiger partial charge in [0.1, 0.15) is 0 Å². The minimum atomic E-state index is -0.228. The zero-order valence-electron chi connectivity index (χ0n) is 6.41. The average Bonchev–Trinajstić information content (AvgIpc) is 2.30. The predicted octanol–water partition coefficient (Wildman–Crippen LogP) is 2.75. The highest BCUT2D eigenvalue weighted by atomic mass is 32.2. The van der Waals surface area contributed by atoms with Gasteiger partial charge in [-0.05, 0) is 35.2 Å². The van der Waals surface area contributed by atoms with E-state index in [1.54, 1.807) is 0 Å². The molecule has 1 aromatic rings. The molecule has 1 nitrogen and oxygen atoms in total. The van der Waals surface area contributed by atoms with E-state index in [0.29, 0.717) is 0 Å². The van der Waals surface area contributed by atoms with Crippen LogP contribution in [-0.4, -0.2) is 5.87 Å². The molecule has 1 aromatic carbocycles. The van der Waals surface area contributed by atoms with Gasteiger partial charge in [0.15, 0.2) is 0 Å². The standard InChI is InChI=1S/C9H10OS/c1-7-8-5-3-4-6-9(8)11(2)10-7/h3-7H,2H2,1H3/t7-,11?/m0/s1. The van der Waals surface area contributed by atoms with Gasteiger partial charge in [0.05, 0.1) is 6.10 Å². The first kappa shape index (κ1) is 7.07. The Labute approximate surface area is 69.1 Å². The molecule has 2 atom stereocenters. The third-order valence-corrected chi connectivity index (χ3v) is 3.25. The van der Waals surface area contributed by atoms with E-state index in [4.69, 9.17) is 4.18 Å². The Hall–Kier alpha value is -0.600. The van der Waals surface area contributed by atoms with E-state index in [9.17, 15) is 0 Å². The Morgan fingerprint density at radius 2 is 2.18 bits per heavy atom. The predicted molar refractivity (Wildman–Crippen MR) is 48.9 cm³/mol. The molecule has 11 heavy (non-hydrogen) atoms. The van der Waals surface area contributed by atoms with E-state index in [0.717, 1.165) is 0 Å². The fraction of sp³-hybridized carbons (Fsp3) is 0.222. The first-order valence-electron chi connectivity index (χ1n) is 3.59. The van der Waals surface area contributed by atoms with Gasteiger partial charge < -0.3 is 4.18 Å². The summed E-state index contributed by atoms with van der Waals surface area (Å²) >= 11 is 0. The van der Waals surface area contributed by atoms with Gasteiger partial charge in [-0.25, -0.2) is 0 Å². The van der Waals surface area contributed by atoms with Crippen molar-refractivity contribution in [3.63, 3.8) is 0 Å². The van der Waals surface area contributed by atoms with Gasteiger partial charge in [0.2, 0.25) is 0 Å². The minimum Gasteiger partial charge on any atom is -0.311 e. The topological polar surface area (TPSA) is 9.23 Å². The maximum absolute atomic E-state index is 5.55. The van der Waals surface area contributed by atoms with Crippen LogP contribution < -0.4 is 0 Å². The Kier molecular flexibility index (Phi) is 1.59. The first-order valence-corrected chi connectivity index (χ1v) is 4.91. The summed E-state index contributed by atoms with van der Waals surface area (Å²) in [7, 11) is -0.228. The van der Waals surface area contributed by atoms with E-state index in [1.165, 1.54) is 10.5 Å². The van der Waals surface area contributed by atoms with Gasteiger partial charge in [0, 0.05) is 4.90 Å². The molecule has 1 aliphatic rings. The zero-order chi connectivity index (χ0) is 7.84. The van der Waals surface area contributed by atoms with Crippen LogP contribution in [0.1, 0.15) is 18.6 Å². The van der Waals surface area contributed by atoms with Crippen LogP contribution in [0.2, 0.25) is 0 Å². The van der Waals surface area contributed by atoms with Gasteiger partial charge in [0.25, 0.3) is 0 Å². The summed E-state index contributed by atoms with van der Waals surface area (Å²) in [5, 5.41) is 0. The van der Waals surface area contributed by atoms with Gasteiger partial charge in [-0.2, -0.15) is 0 Å². The monoisotopic (exact) mass is 166 g/mol. The van der Waals surface area contributed by atoms with E-state index in [2.05, 4.69) is 24.9 Å². The van der Waals surface area contributed by atoms with E-state index >= 15 is 0 Å².